The minimum atomic E-state index is -0.264. The molecule has 1 fully saturated rings. The number of carbonyl (C=O) groups is 2. The maximum Gasteiger partial charge on any atom is 0.239 e. The highest BCUT2D eigenvalue weighted by Gasteiger charge is 2.29. The molecule has 0 aromatic heterocycles. The summed E-state index contributed by atoms with van der Waals surface area (Å²) < 4.78 is 10.7. The van der Waals surface area contributed by atoms with E-state index >= 15 is 0 Å². The molecule has 2 heterocycles. The van der Waals surface area contributed by atoms with E-state index in [0.717, 1.165) is 17.1 Å². The zero-order valence-corrected chi connectivity index (χ0v) is 14.7. The molecule has 136 valence electrons. The molecular weight excluding hydrogens is 322 g/mol. The molecule has 1 atom stereocenters. The van der Waals surface area contributed by atoms with Gasteiger partial charge in [0.15, 0.2) is 11.5 Å². The van der Waals surface area contributed by atoms with E-state index in [1.54, 1.807) is 0 Å². The maximum atomic E-state index is 12.7. The van der Waals surface area contributed by atoms with E-state index in [-0.39, 0.29) is 30.6 Å². The van der Waals surface area contributed by atoms with E-state index in [2.05, 4.69) is 0 Å². The predicted octanol–water partition coefficient (Wildman–Crippen LogP) is 0.960. The van der Waals surface area contributed by atoms with Crippen molar-refractivity contribution in [1.82, 2.24) is 9.80 Å². The summed E-state index contributed by atoms with van der Waals surface area (Å²) in [4.78, 5) is 27.8. The quantitative estimate of drug-likeness (QED) is 0.857. The first-order valence-corrected chi connectivity index (χ1v) is 8.62. The molecule has 2 aliphatic rings. The average Bonchev–Trinajstić information content (AvgIpc) is 3.08. The molecule has 1 aromatic carbocycles. The zero-order valence-electron chi connectivity index (χ0n) is 14.7. The Morgan fingerprint density at radius 2 is 1.96 bits per heavy atom. The van der Waals surface area contributed by atoms with Crippen LogP contribution in [-0.4, -0.2) is 54.6 Å². The van der Waals surface area contributed by atoms with E-state index in [9.17, 15) is 9.59 Å². The summed E-state index contributed by atoms with van der Waals surface area (Å²) in [6, 6.07) is 5.59. The number of ether oxygens (including phenoxy) is 2. The molecule has 3 rings (SSSR count). The molecule has 25 heavy (non-hydrogen) atoms. The van der Waals surface area contributed by atoms with Crippen molar-refractivity contribution in [3.8, 4) is 11.5 Å². The number of primary amides is 1. The molecular formula is C18H25N3O4. The first kappa shape index (κ1) is 17.5. The molecule has 2 aliphatic heterocycles. The number of benzene rings is 1. The first-order chi connectivity index (χ1) is 12.0. The number of carbonyl (C=O) groups excluding carboxylic acids is 2. The van der Waals surface area contributed by atoms with Crippen molar-refractivity contribution in [2.24, 2.45) is 11.7 Å². The fourth-order valence-electron chi connectivity index (χ4n) is 3.30. The molecule has 2 N–H and O–H groups in total. The van der Waals surface area contributed by atoms with Crippen LogP contribution in [0.2, 0.25) is 0 Å². The van der Waals surface area contributed by atoms with Crippen molar-refractivity contribution in [3.63, 3.8) is 0 Å². The number of fused-ring (bicyclic) bond motifs is 1. The van der Waals surface area contributed by atoms with E-state index in [1.165, 1.54) is 0 Å². The van der Waals surface area contributed by atoms with Gasteiger partial charge in [-0.1, -0.05) is 6.07 Å². The molecule has 0 radical (unpaired) electrons. The molecule has 7 heteroatoms. The normalized spacial score (nSPS) is 18.4. The van der Waals surface area contributed by atoms with Crippen LogP contribution >= 0.6 is 0 Å². The van der Waals surface area contributed by atoms with Gasteiger partial charge in [0.25, 0.3) is 0 Å². The van der Waals surface area contributed by atoms with Gasteiger partial charge in [-0.2, -0.15) is 0 Å². The second-order valence-corrected chi connectivity index (χ2v) is 6.78. The maximum absolute atomic E-state index is 12.7. The smallest absolute Gasteiger partial charge is 0.239 e. The summed E-state index contributed by atoms with van der Waals surface area (Å²) in [5.74, 6) is 1.23. The van der Waals surface area contributed by atoms with Crippen LogP contribution in [0.5, 0.6) is 11.5 Å². The number of likely N-dealkylation sites (tertiary alicyclic amines) is 1. The molecule has 0 spiro atoms. The number of hydrogen-bond donors (Lipinski definition) is 1. The van der Waals surface area contributed by atoms with Crippen LogP contribution in [0.3, 0.4) is 0 Å². The summed E-state index contributed by atoms with van der Waals surface area (Å²) in [6.45, 7) is 3.99. The fourth-order valence-corrected chi connectivity index (χ4v) is 3.30. The van der Waals surface area contributed by atoms with E-state index in [1.807, 2.05) is 42.0 Å². The fraction of sp³-hybridized carbons (Fsp3) is 0.556. The van der Waals surface area contributed by atoms with Crippen molar-refractivity contribution in [2.45, 2.75) is 32.4 Å². The molecule has 0 aliphatic carbocycles. The number of nitrogens with zero attached hydrogens (tertiary/aromatic N) is 2. The van der Waals surface area contributed by atoms with Gasteiger partial charge >= 0.3 is 0 Å². The highest BCUT2D eigenvalue weighted by Crippen LogP contribution is 2.32. The van der Waals surface area contributed by atoms with Crippen LogP contribution in [0.25, 0.3) is 0 Å². The number of nitrogens with two attached hydrogens (primary N) is 1. The molecule has 2 amide bonds. The van der Waals surface area contributed by atoms with Gasteiger partial charge in [0.1, 0.15) is 0 Å². The third-order valence-corrected chi connectivity index (χ3v) is 5.10. The SMILES string of the molecule is CC(C(=O)N1CCC(C(N)=O)CC1)N(C)Cc1ccc2c(c1)OCO2. The number of likely N-dealkylation sites (N-methyl/N-ethyl adjacent to an activating group) is 1. The number of piperidine rings is 1. The standard InChI is InChI=1S/C18H25N3O4/c1-12(18(23)21-7-5-14(6-8-21)17(19)22)20(2)10-13-3-4-15-16(9-13)25-11-24-15/h3-4,9,12,14H,5-8,10-11H2,1-2H3,(H2,19,22). The summed E-state index contributed by atoms with van der Waals surface area (Å²) in [5.41, 5.74) is 6.42. The Kier molecular flexibility index (Phi) is 5.13. The Labute approximate surface area is 147 Å². The van der Waals surface area contributed by atoms with Gasteiger partial charge in [-0.05, 0) is 44.5 Å². The lowest BCUT2D eigenvalue weighted by Crippen LogP contribution is -2.49. The Hall–Kier alpha value is -2.28. The van der Waals surface area contributed by atoms with Gasteiger partial charge in [0.2, 0.25) is 18.6 Å². The third-order valence-electron chi connectivity index (χ3n) is 5.10. The highest BCUT2D eigenvalue weighted by molar-refractivity contribution is 5.82. The van der Waals surface area contributed by atoms with Crippen molar-refractivity contribution in [2.75, 3.05) is 26.9 Å². The molecule has 1 saturated heterocycles. The lowest BCUT2D eigenvalue weighted by molar-refractivity contribution is -0.139. The summed E-state index contributed by atoms with van der Waals surface area (Å²) >= 11 is 0. The zero-order chi connectivity index (χ0) is 18.0. The summed E-state index contributed by atoms with van der Waals surface area (Å²) in [6.07, 6.45) is 1.30. The van der Waals surface area contributed by atoms with Gasteiger partial charge in [-0.25, -0.2) is 0 Å². The molecule has 7 nitrogen and oxygen atoms in total. The van der Waals surface area contributed by atoms with Gasteiger partial charge in [-0.3, -0.25) is 14.5 Å². The van der Waals surface area contributed by atoms with Gasteiger partial charge in [0, 0.05) is 25.6 Å². The Balaban J connectivity index is 1.56. The third kappa shape index (κ3) is 3.87. The molecule has 1 aromatic rings. The van der Waals surface area contributed by atoms with Crippen molar-refractivity contribution < 1.29 is 19.1 Å². The van der Waals surface area contributed by atoms with Gasteiger partial charge < -0.3 is 20.1 Å². The minimum Gasteiger partial charge on any atom is -0.454 e. The minimum absolute atomic E-state index is 0.0890. The van der Waals surface area contributed by atoms with Crippen LogP contribution in [0.1, 0.15) is 25.3 Å². The second kappa shape index (κ2) is 7.31. The van der Waals surface area contributed by atoms with Gasteiger partial charge in [-0.15, -0.1) is 0 Å². The molecule has 0 bridgehead atoms. The van der Waals surface area contributed by atoms with Crippen molar-refractivity contribution >= 4 is 11.8 Å². The monoisotopic (exact) mass is 347 g/mol. The van der Waals surface area contributed by atoms with Crippen LogP contribution in [0.4, 0.5) is 0 Å². The number of amides is 2. The van der Waals surface area contributed by atoms with Gasteiger partial charge in [0.05, 0.1) is 6.04 Å². The number of hydrogen-bond acceptors (Lipinski definition) is 5. The Morgan fingerprint density at radius 3 is 2.64 bits per heavy atom. The van der Waals surface area contributed by atoms with Crippen LogP contribution < -0.4 is 15.2 Å². The first-order valence-electron chi connectivity index (χ1n) is 8.62. The van der Waals surface area contributed by atoms with Crippen LogP contribution in [0, 0.1) is 5.92 Å². The highest BCUT2D eigenvalue weighted by atomic mass is 16.7. The number of rotatable bonds is 5. The second-order valence-electron chi connectivity index (χ2n) is 6.78. The Bertz CT molecular complexity index is 656. The topological polar surface area (TPSA) is 85.1 Å². The lowest BCUT2D eigenvalue weighted by atomic mass is 9.96. The lowest BCUT2D eigenvalue weighted by Gasteiger charge is -2.34. The van der Waals surface area contributed by atoms with E-state index < -0.39 is 0 Å². The van der Waals surface area contributed by atoms with E-state index in [0.29, 0.717) is 32.5 Å². The van der Waals surface area contributed by atoms with Crippen molar-refractivity contribution in [1.29, 1.82) is 0 Å². The molecule has 1 unspecified atom stereocenters. The summed E-state index contributed by atoms with van der Waals surface area (Å²) in [5, 5.41) is 0. The average molecular weight is 347 g/mol. The van der Waals surface area contributed by atoms with E-state index in [4.69, 9.17) is 15.2 Å². The largest absolute Gasteiger partial charge is 0.454 e. The van der Waals surface area contributed by atoms with Crippen LogP contribution in [-0.2, 0) is 16.1 Å². The predicted molar refractivity (Wildman–Crippen MR) is 92.0 cm³/mol. The van der Waals surface area contributed by atoms with Crippen LogP contribution in [0.15, 0.2) is 18.2 Å². The Morgan fingerprint density at radius 1 is 1.28 bits per heavy atom. The molecule has 0 saturated carbocycles. The van der Waals surface area contributed by atoms with Crippen molar-refractivity contribution in [3.05, 3.63) is 23.8 Å². The summed E-state index contributed by atoms with van der Waals surface area (Å²) in [7, 11) is 1.93.